The summed E-state index contributed by atoms with van der Waals surface area (Å²) in [5.41, 5.74) is 2.14. The van der Waals surface area contributed by atoms with Crippen molar-refractivity contribution in [3.63, 3.8) is 0 Å². The minimum Gasteiger partial charge on any atom is -0.324 e. The molecule has 1 N–H and O–H groups in total. The topological polar surface area (TPSA) is 46.9 Å². The molecule has 1 aliphatic rings. The Labute approximate surface area is 112 Å². The quantitative estimate of drug-likeness (QED) is 0.896. The van der Waals surface area contributed by atoms with Gasteiger partial charge in [0.25, 0.3) is 0 Å². The van der Waals surface area contributed by atoms with Crippen LogP contribution in [0.3, 0.4) is 0 Å². The van der Waals surface area contributed by atoms with Crippen LogP contribution in [0.1, 0.15) is 30.8 Å². The average molecular weight is 255 g/mol. The van der Waals surface area contributed by atoms with Crippen LogP contribution in [0.25, 0.3) is 0 Å². The van der Waals surface area contributed by atoms with E-state index in [0.29, 0.717) is 0 Å². The Balaban J connectivity index is 1.93. The number of fused-ring (bicyclic) bond motifs is 1. The maximum atomic E-state index is 12.4. The summed E-state index contributed by atoms with van der Waals surface area (Å²) in [6.45, 7) is 2.06. The molecule has 98 valence electrons. The third-order valence-electron chi connectivity index (χ3n) is 3.67. The van der Waals surface area contributed by atoms with E-state index in [1.807, 2.05) is 29.0 Å². The van der Waals surface area contributed by atoms with E-state index in [-0.39, 0.29) is 11.9 Å². The van der Waals surface area contributed by atoms with Crippen LogP contribution < -0.4 is 5.32 Å². The molecule has 1 amide bonds. The van der Waals surface area contributed by atoms with E-state index in [4.69, 9.17) is 0 Å². The number of hydrogen-bond acceptors (Lipinski definition) is 2. The minimum absolute atomic E-state index is 0.0534. The van der Waals surface area contributed by atoms with E-state index in [9.17, 15) is 4.79 Å². The van der Waals surface area contributed by atoms with Crippen molar-refractivity contribution < 1.29 is 4.79 Å². The van der Waals surface area contributed by atoms with E-state index in [1.54, 1.807) is 6.20 Å². The van der Waals surface area contributed by atoms with Crippen LogP contribution in [0.4, 0.5) is 5.69 Å². The molecule has 1 aliphatic heterocycles. The van der Waals surface area contributed by atoms with E-state index in [2.05, 4.69) is 23.3 Å². The van der Waals surface area contributed by atoms with Crippen molar-refractivity contribution in [3.8, 4) is 0 Å². The second kappa shape index (κ2) is 4.88. The molecule has 0 fully saturated rings. The van der Waals surface area contributed by atoms with Gasteiger partial charge < -0.3 is 9.88 Å². The zero-order valence-electron chi connectivity index (χ0n) is 11.0. The number of aryl methyl sites for hydroxylation is 2. The number of carbonyl (C=O) groups is 1. The molecular formula is C15H17N3O. The van der Waals surface area contributed by atoms with Crippen molar-refractivity contribution in [1.82, 2.24) is 9.55 Å². The molecule has 4 nitrogen and oxygen atoms in total. The van der Waals surface area contributed by atoms with Gasteiger partial charge in [0, 0.05) is 24.5 Å². The van der Waals surface area contributed by atoms with Gasteiger partial charge in [0.15, 0.2) is 0 Å². The molecule has 0 aliphatic carbocycles. The number of imidazole rings is 1. The number of hydrogen-bond donors (Lipinski definition) is 1. The van der Waals surface area contributed by atoms with Gasteiger partial charge >= 0.3 is 0 Å². The summed E-state index contributed by atoms with van der Waals surface area (Å²) in [4.78, 5) is 16.7. The summed E-state index contributed by atoms with van der Waals surface area (Å²) >= 11 is 0. The second-order valence-corrected chi connectivity index (χ2v) is 4.81. The lowest BCUT2D eigenvalue weighted by Gasteiger charge is -2.17. The first-order valence-corrected chi connectivity index (χ1v) is 6.70. The fraction of sp³-hybridized carbons (Fsp3) is 0.333. The van der Waals surface area contributed by atoms with E-state index < -0.39 is 0 Å². The van der Waals surface area contributed by atoms with Crippen molar-refractivity contribution in [3.05, 3.63) is 48.0 Å². The molecule has 1 atom stereocenters. The average Bonchev–Trinajstić information content (AvgIpc) is 2.82. The van der Waals surface area contributed by atoms with Crippen LogP contribution in [0.5, 0.6) is 0 Å². The molecule has 1 aromatic heterocycles. The Hall–Kier alpha value is -2.10. The third-order valence-corrected chi connectivity index (χ3v) is 3.67. The number of anilines is 1. The zero-order valence-corrected chi connectivity index (χ0v) is 11.0. The van der Waals surface area contributed by atoms with Crippen molar-refractivity contribution in [1.29, 1.82) is 0 Å². The summed E-state index contributed by atoms with van der Waals surface area (Å²) in [5.74, 6) is 1.02. The standard InChI is InChI=1S/C15H17N3O/c1-2-14-16-9-10-18(14)13-8-7-11-5-3-4-6-12(11)17-15(13)19/h3-6,9-10,13H,2,7-8H2,1H3,(H,17,19). The SMILES string of the molecule is CCc1nccn1C1CCc2ccccc2NC1=O. The molecule has 0 saturated heterocycles. The monoisotopic (exact) mass is 255 g/mol. The van der Waals surface area contributed by atoms with E-state index in [1.165, 1.54) is 5.56 Å². The maximum Gasteiger partial charge on any atom is 0.247 e. The molecule has 0 spiro atoms. The fourth-order valence-corrected chi connectivity index (χ4v) is 2.67. The number of carbonyl (C=O) groups excluding carboxylic acids is 1. The van der Waals surface area contributed by atoms with Crippen molar-refractivity contribution in [2.24, 2.45) is 0 Å². The summed E-state index contributed by atoms with van der Waals surface area (Å²) in [5, 5.41) is 3.02. The lowest BCUT2D eigenvalue weighted by atomic mass is 10.1. The predicted octanol–water partition coefficient (Wildman–Crippen LogP) is 2.57. The smallest absolute Gasteiger partial charge is 0.247 e. The van der Waals surface area contributed by atoms with Gasteiger partial charge in [0.2, 0.25) is 5.91 Å². The summed E-state index contributed by atoms with van der Waals surface area (Å²) in [6, 6.07) is 7.84. The maximum absolute atomic E-state index is 12.4. The van der Waals surface area contributed by atoms with Gasteiger partial charge in [-0.25, -0.2) is 4.98 Å². The van der Waals surface area contributed by atoms with Gasteiger partial charge in [-0.3, -0.25) is 4.79 Å². The van der Waals surface area contributed by atoms with Crippen LogP contribution in [-0.4, -0.2) is 15.5 Å². The lowest BCUT2D eigenvalue weighted by Crippen LogP contribution is -2.25. The molecule has 2 heterocycles. The van der Waals surface area contributed by atoms with Gasteiger partial charge in [0.05, 0.1) is 0 Å². The number of benzene rings is 1. The first-order valence-electron chi connectivity index (χ1n) is 6.70. The number of nitrogens with zero attached hydrogens (tertiary/aromatic N) is 2. The zero-order chi connectivity index (χ0) is 13.2. The van der Waals surface area contributed by atoms with Gasteiger partial charge in [-0.2, -0.15) is 0 Å². The normalized spacial score (nSPS) is 18.6. The van der Waals surface area contributed by atoms with Crippen molar-refractivity contribution in [2.75, 3.05) is 5.32 Å². The summed E-state index contributed by atoms with van der Waals surface area (Å²) in [6.07, 6.45) is 6.22. The molecule has 1 unspecified atom stereocenters. The Morgan fingerprint density at radius 3 is 3.11 bits per heavy atom. The first-order chi connectivity index (χ1) is 9.29. The Bertz CT molecular complexity index is 603. The predicted molar refractivity (Wildman–Crippen MR) is 74.0 cm³/mol. The Kier molecular flexibility index (Phi) is 3.07. The van der Waals surface area contributed by atoms with E-state index in [0.717, 1.165) is 30.8 Å². The molecule has 0 saturated carbocycles. The summed E-state index contributed by atoms with van der Waals surface area (Å²) < 4.78 is 2.00. The van der Waals surface area contributed by atoms with Crippen LogP contribution in [-0.2, 0) is 17.6 Å². The highest BCUT2D eigenvalue weighted by atomic mass is 16.2. The van der Waals surface area contributed by atoms with Gasteiger partial charge in [0.1, 0.15) is 11.9 Å². The number of amides is 1. The number of rotatable bonds is 2. The molecule has 0 bridgehead atoms. The largest absolute Gasteiger partial charge is 0.324 e. The minimum atomic E-state index is -0.162. The van der Waals surface area contributed by atoms with Gasteiger partial charge in [-0.15, -0.1) is 0 Å². The van der Waals surface area contributed by atoms with Gasteiger partial charge in [-0.05, 0) is 24.5 Å². The lowest BCUT2D eigenvalue weighted by molar-refractivity contribution is -0.119. The molecule has 19 heavy (non-hydrogen) atoms. The summed E-state index contributed by atoms with van der Waals surface area (Å²) in [7, 11) is 0. The third kappa shape index (κ3) is 2.14. The number of nitrogens with one attached hydrogen (secondary N) is 1. The molecule has 1 aromatic carbocycles. The molecular weight excluding hydrogens is 238 g/mol. The Morgan fingerprint density at radius 2 is 2.26 bits per heavy atom. The van der Waals surface area contributed by atoms with Crippen LogP contribution in [0.15, 0.2) is 36.7 Å². The molecule has 2 aromatic rings. The first kappa shape index (κ1) is 12.0. The van der Waals surface area contributed by atoms with Crippen molar-refractivity contribution in [2.45, 2.75) is 32.2 Å². The van der Waals surface area contributed by atoms with Crippen molar-refractivity contribution >= 4 is 11.6 Å². The number of aromatic nitrogens is 2. The molecule has 4 heteroatoms. The van der Waals surface area contributed by atoms with Crippen LogP contribution >= 0.6 is 0 Å². The molecule has 0 radical (unpaired) electrons. The fourth-order valence-electron chi connectivity index (χ4n) is 2.67. The van der Waals surface area contributed by atoms with Gasteiger partial charge in [-0.1, -0.05) is 25.1 Å². The highest BCUT2D eigenvalue weighted by molar-refractivity contribution is 5.95. The van der Waals surface area contributed by atoms with E-state index >= 15 is 0 Å². The molecule has 3 rings (SSSR count). The van der Waals surface area contributed by atoms with Crippen LogP contribution in [0.2, 0.25) is 0 Å². The Morgan fingerprint density at radius 1 is 1.42 bits per heavy atom. The van der Waals surface area contributed by atoms with Crippen LogP contribution in [0, 0.1) is 0 Å². The second-order valence-electron chi connectivity index (χ2n) is 4.81. The highest BCUT2D eigenvalue weighted by Crippen LogP contribution is 2.27. The number of para-hydroxylation sites is 1. The highest BCUT2D eigenvalue weighted by Gasteiger charge is 2.25.